The van der Waals surface area contributed by atoms with Crippen molar-refractivity contribution in [2.75, 3.05) is 0 Å². The van der Waals surface area contributed by atoms with Crippen molar-refractivity contribution < 1.29 is 14.7 Å². The minimum Gasteiger partial charge on any atom is -0.393 e. The zero-order valence-corrected chi connectivity index (χ0v) is 12.6. The zero-order valence-electron chi connectivity index (χ0n) is 12.6. The molecule has 21 heavy (non-hydrogen) atoms. The van der Waals surface area contributed by atoms with Gasteiger partial charge in [0, 0.05) is 5.92 Å². The Balaban J connectivity index is 1.72. The van der Waals surface area contributed by atoms with Crippen molar-refractivity contribution in [2.45, 2.75) is 51.6 Å². The Hall–Kier alpha value is -0.960. The van der Waals surface area contributed by atoms with Gasteiger partial charge in [-0.15, -0.1) is 0 Å². The SMILES string of the molecule is C[C@@]12CCC[C@H]1[C@@H]1CCC3C=CC(=O)C(=O)[C@@H]3[C@H]1[C@H](O)C2. The molecule has 0 amide bonds. The number of hydrogen-bond acceptors (Lipinski definition) is 3. The van der Waals surface area contributed by atoms with Gasteiger partial charge in [-0.3, -0.25) is 9.59 Å². The third kappa shape index (κ3) is 1.82. The number of hydrogen-bond donors (Lipinski definition) is 1. The van der Waals surface area contributed by atoms with Crippen LogP contribution in [-0.2, 0) is 9.59 Å². The van der Waals surface area contributed by atoms with Gasteiger partial charge in [-0.25, -0.2) is 0 Å². The van der Waals surface area contributed by atoms with Crippen LogP contribution in [0.2, 0.25) is 0 Å². The van der Waals surface area contributed by atoms with E-state index in [-0.39, 0.29) is 34.7 Å². The van der Waals surface area contributed by atoms with Crippen molar-refractivity contribution in [2.24, 2.45) is 35.0 Å². The molecule has 3 nitrogen and oxygen atoms in total. The topological polar surface area (TPSA) is 54.4 Å². The van der Waals surface area contributed by atoms with Gasteiger partial charge in [-0.05, 0) is 67.3 Å². The number of carbonyl (C=O) groups excluding carboxylic acids is 2. The summed E-state index contributed by atoms with van der Waals surface area (Å²) in [6.45, 7) is 2.32. The third-order valence-electron chi connectivity index (χ3n) is 7.04. The number of allylic oxidation sites excluding steroid dienone is 2. The first-order valence-corrected chi connectivity index (χ1v) is 8.46. The Bertz CT molecular complexity index is 523. The summed E-state index contributed by atoms with van der Waals surface area (Å²) in [5.41, 5.74) is 0.255. The molecule has 1 N–H and O–H groups in total. The van der Waals surface area contributed by atoms with E-state index in [9.17, 15) is 14.7 Å². The molecule has 0 aromatic rings. The lowest BCUT2D eigenvalue weighted by atomic mass is 9.50. The minimum absolute atomic E-state index is 0.0151. The number of ketones is 2. The lowest BCUT2D eigenvalue weighted by Crippen LogP contribution is -2.55. The summed E-state index contributed by atoms with van der Waals surface area (Å²) in [7, 11) is 0. The number of rotatable bonds is 0. The zero-order chi connectivity index (χ0) is 14.8. The minimum atomic E-state index is -0.412. The van der Waals surface area contributed by atoms with Crippen molar-refractivity contribution in [3.63, 3.8) is 0 Å². The maximum Gasteiger partial charge on any atom is 0.221 e. The van der Waals surface area contributed by atoms with Crippen LogP contribution in [0, 0.1) is 35.0 Å². The lowest BCUT2D eigenvalue weighted by Gasteiger charge is -2.55. The molecule has 0 aromatic carbocycles. The first-order valence-electron chi connectivity index (χ1n) is 8.46. The molecule has 3 saturated carbocycles. The second-order valence-electron chi connectivity index (χ2n) is 8.02. The van der Waals surface area contributed by atoms with Gasteiger partial charge in [0.25, 0.3) is 0 Å². The fraction of sp³-hybridized carbons (Fsp3) is 0.778. The van der Waals surface area contributed by atoms with Crippen molar-refractivity contribution in [3.8, 4) is 0 Å². The highest BCUT2D eigenvalue weighted by atomic mass is 16.3. The van der Waals surface area contributed by atoms with Gasteiger partial charge < -0.3 is 5.11 Å². The molecule has 3 fully saturated rings. The highest BCUT2D eigenvalue weighted by molar-refractivity contribution is 6.43. The van der Waals surface area contributed by atoms with E-state index >= 15 is 0 Å². The smallest absolute Gasteiger partial charge is 0.221 e. The summed E-state index contributed by atoms with van der Waals surface area (Å²) < 4.78 is 0. The molecule has 7 atom stereocenters. The first kappa shape index (κ1) is 13.7. The monoisotopic (exact) mass is 288 g/mol. The summed E-state index contributed by atoms with van der Waals surface area (Å²) in [5, 5.41) is 10.8. The summed E-state index contributed by atoms with van der Waals surface area (Å²) in [6, 6.07) is 0. The predicted octanol–water partition coefficient (Wildman–Crippen LogP) is 2.52. The van der Waals surface area contributed by atoms with Crippen LogP contribution >= 0.6 is 0 Å². The second kappa shape index (κ2) is 4.52. The molecular weight excluding hydrogens is 264 g/mol. The quantitative estimate of drug-likeness (QED) is 0.697. The maximum absolute atomic E-state index is 12.4. The predicted molar refractivity (Wildman–Crippen MR) is 78.4 cm³/mol. The van der Waals surface area contributed by atoms with Crippen LogP contribution in [0.1, 0.15) is 45.4 Å². The summed E-state index contributed by atoms with van der Waals surface area (Å²) in [6.07, 6.45) is 9.59. The molecule has 0 saturated heterocycles. The molecule has 4 aliphatic carbocycles. The van der Waals surface area contributed by atoms with Crippen LogP contribution < -0.4 is 0 Å². The molecule has 0 aromatic heterocycles. The molecule has 0 spiro atoms. The maximum atomic E-state index is 12.4. The van der Waals surface area contributed by atoms with Crippen LogP contribution in [0.3, 0.4) is 0 Å². The molecule has 0 heterocycles. The van der Waals surface area contributed by atoms with Crippen LogP contribution in [0.5, 0.6) is 0 Å². The normalized spacial score (nSPS) is 52.3. The largest absolute Gasteiger partial charge is 0.393 e. The van der Waals surface area contributed by atoms with Crippen LogP contribution in [-0.4, -0.2) is 22.8 Å². The van der Waals surface area contributed by atoms with Gasteiger partial charge in [-0.2, -0.15) is 0 Å². The molecule has 4 aliphatic rings. The average Bonchev–Trinajstić information content (AvgIpc) is 2.83. The Kier molecular flexibility index (Phi) is 2.94. The van der Waals surface area contributed by atoms with Gasteiger partial charge >= 0.3 is 0 Å². The first-order chi connectivity index (χ1) is 10.0. The van der Waals surface area contributed by atoms with Crippen LogP contribution in [0.25, 0.3) is 0 Å². The molecule has 114 valence electrons. The fourth-order valence-electron chi connectivity index (χ4n) is 6.20. The number of aliphatic hydroxyl groups excluding tert-OH is 1. The molecule has 0 radical (unpaired) electrons. The highest BCUT2D eigenvalue weighted by Gasteiger charge is 2.58. The van der Waals surface area contributed by atoms with Crippen molar-refractivity contribution >= 4 is 11.6 Å². The number of carbonyl (C=O) groups is 2. The second-order valence-corrected chi connectivity index (χ2v) is 8.02. The summed E-state index contributed by atoms with van der Waals surface area (Å²) in [4.78, 5) is 24.2. The van der Waals surface area contributed by atoms with Crippen LogP contribution in [0.15, 0.2) is 12.2 Å². The Morgan fingerprint density at radius 2 is 2.05 bits per heavy atom. The number of aliphatic hydroxyl groups is 1. The Labute approximate surface area is 125 Å². The Morgan fingerprint density at radius 3 is 2.86 bits per heavy atom. The average molecular weight is 288 g/mol. The van der Waals surface area contributed by atoms with E-state index in [1.54, 1.807) is 0 Å². The van der Waals surface area contributed by atoms with Gasteiger partial charge in [0.2, 0.25) is 11.6 Å². The van der Waals surface area contributed by atoms with E-state index in [0.717, 1.165) is 19.3 Å². The third-order valence-corrected chi connectivity index (χ3v) is 7.04. The molecular formula is C18H24O3. The number of Topliss-reactive ketones (excluding diaryl/α,β-unsaturated/α-hetero) is 1. The Morgan fingerprint density at radius 1 is 1.24 bits per heavy atom. The van der Waals surface area contributed by atoms with Gasteiger partial charge in [-0.1, -0.05) is 19.4 Å². The van der Waals surface area contributed by atoms with E-state index in [0.29, 0.717) is 11.8 Å². The van der Waals surface area contributed by atoms with E-state index in [4.69, 9.17) is 0 Å². The fourth-order valence-corrected chi connectivity index (χ4v) is 6.20. The van der Waals surface area contributed by atoms with Crippen LogP contribution in [0.4, 0.5) is 0 Å². The van der Waals surface area contributed by atoms with Gasteiger partial charge in [0.05, 0.1) is 6.10 Å². The highest BCUT2D eigenvalue weighted by Crippen LogP contribution is 2.61. The van der Waals surface area contributed by atoms with Crippen molar-refractivity contribution in [3.05, 3.63) is 12.2 Å². The summed E-state index contributed by atoms with van der Waals surface area (Å²) in [5.74, 6) is 0.424. The van der Waals surface area contributed by atoms with E-state index in [1.165, 1.54) is 25.3 Å². The number of fused-ring (bicyclic) bond motifs is 5. The molecule has 3 heteroatoms. The molecule has 0 aliphatic heterocycles. The van der Waals surface area contributed by atoms with Gasteiger partial charge in [0.15, 0.2) is 0 Å². The molecule has 1 unspecified atom stereocenters. The van der Waals surface area contributed by atoms with E-state index in [2.05, 4.69) is 6.92 Å². The van der Waals surface area contributed by atoms with Gasteiger partial charge in [0.1, 0.15) is 0 Å². The summed E-state index contributed by atoms with van der Waals surface area (Å²) >= 11 is 0. The molecule has 4 rings (SSSR count). The standard InChI is InChI=1S/C18H24O3/c1-18-8-2-3-12(18)11-6-4-10-5-7-13(19)17(21)15(10)16(11)14(20)9-18/h5,7,10-12,14-16,20H,2-4,6,8-9H2,1H3/t10?,11-,12-,14+,15-,16+,18-/m0/s1. The van der Waals surface area contributed by atoms with Crippen molar-refractivity contribution in [1.82, 2.24) is 0 Å². The molecule has 0 bridgehead atoms. The van der Waals surface area contributed by atoms with E-state index in [1.807, 2.05) is 6.08 Å². The van der Waals surface area contributed by atoms with Crippen molar-refractivity contribution in [1.29, 1.82) is 0 Å². The lowest BCUT2D eigenvalue weighted by molar-refractivity contribution is -0.152. The van der Waals surface area contributed by atoms with E-state index < -0.39 is 6.10 Å².